The standard InChI is InChI=1S/C13H19N3O2/c1-2-9-3-5-10(6-4-9)14-13(18)11-7-8-12(17)16-15-11/h7-10H,2-6H2,1H3,(H,14,18)(H,16,17). The van der Waals surface area contributed by atoms with Crippen molar-refractivity contribution in [2.75, 3.05) is 0 Å². The average Bonchev–Trinajstić information content (AvgIpc) is 2.40. The minimum Gasteiger partial charge on any atom is -0.348 e. The number of hydrogen-bond donors (Lipinski definition) is 2. The average molecular weight is 249 g/mol. The van der Waals surface area contributed by atoms with E-state index in [4.69, 9.17) is 0 Å². The molecule has 1 heterocycles. The fraction of sp³-hybridized carbons (Fsp3) is 0.615. The zero-order chi connectivity index (χ0) is 13.0. The molecular weight excluding hydrogens is 230 g/mol. The fourth-order valence-corrected chi connectivity index (χ4v) is 2.45. The molecule has 98 valence electrons. The Morgan fingerprint density at radius 2 is 2.11 bits per heavy atom. The maximum absolute atomic E-state index is 11.9. The zero-order valence-electron chi connectivity index (χ0n) is 10.6. The van der Waals surface area contributed by atoms with Crippen LogP contribution in [0.5, 0.6) is 0 Å². The van der Waals surface area contributed by atoms with Gasteiger partial charge in [-0.15, -0.1) is 0 Å². The van der Waals surface area contributed by atoms with Gasteiger partial charge in [0, 0.05) is 12.1 Å². The second-order valence-corrected chi connectivity index (χ2v) is 4.91. The third-order valence-electron chi connectivity index (χ3n) is 3.67. The van der Waals surface area contributed by atoms with Gasteiger partial charge in [0.2, 0.25) is 0 Å². The maximum atomic E-state index is 11.9. The molecule has 5 heteroatoms. The molecule has 1 amide bonds. The molecule has 0 saturated heterocycles. The van der Waals surface area contributed by atoms with E-state index in [1.807, 2.05) is 0 Å². The first kappa shape index (κ1) is 12.8. The number of rotatable bonds is 3. The van der Waals surface area contributed by atoms with Gasteiger partial charge in [0.15, 0.2) is 0 Å². The van der Waals surface area contributed by atoms with E-state index in [0.717, 1.165) is 18.8 Å². The van der Waals surface area contributed by atoms with Crippen LogP contribution in [-0.4, -0.2) is 22.1 Å². The van der Waals surface area contributed by atoms with Gasteiger partial charge >= 0.3 is 0 Å². The van der Waals surface area contributed by atoms with Crippen molar-refractivity contribution in [2.45, 2.75) is 45.1 Å². The Morgan fingerprint density at radius 1 is 1.39 bits per heavy atom. The highest BCUT2D eigenvalue weighted by Gasteiger charge is 2.22. The van der Waals surface area contributed by atoms with Crippen LogP contribution in [0.3, 0.4) is 0 Å². The highest BCUT2D eigenvalue weighted by atomic mass is 16.2. The van der Waals surface area contributed by atoms with Crippen LogP contribution in [0.25, 0.3) is 0 Å². The quantitative estimate of drug-likeness (QED) is 0.851. The third-order valence-corrected chi connectivity index (χ3v) is 3.67. The highest BCUT2D eigenvalue weighted by molar-refractivity contribution is 5.92. The Morgan fingerprint density at radius 3 is 2.67 bits per heavy atom. The number of nitrogens with zero attached hydrogens (tertiary/aromatic N) is 1. The lowest BCUT2D eigenvalue weighted by molar-refractivity contribution is 0.0915. The first-order valence-corrected chi connectivity index (χ1v) is 6.55. The number of aromatic amines is 1. The van der Waals surface area contributed by atoms with Crippen molar-refractivity contribution in [1.82, 2.24) is 15.5 Å². The second-order valence-electron chi connectivity index (χ2n) is 4.91. The van der Waals surface area contributed by atoms with Crippen molar-refractivity contribution >= 4 is 5.91 Å². The van der Waals surface area contributed by atoms with Crippen LogP contribution in [-0.2, 0) is 0 Å². The van der Waals surface area contributed by atoms with Crippen molar-refractivity contribution in [3.05, 3.63) is 28.2 Å². The van der Waals surface area contributed by atoms with Crippen LogP contribution in [0, 0.1) is 5.92 Å². The van der Waals surface area contributed by atoms with E-state index >= 15 is 0 Å². The molecule has 1 fully saturated rings. The van der Waals surface area contributed by atoms with Gasteiger partial charge in [-0.25, -0.2) is 5.10 Å². The Bertz CT molecular complexity index is 441. The van der Waals surface area contributed by atoms with Crippen molar-refractivity contribution in [3.8, 4) is 0 Å². The molecule has 0 spiro atoms. The predicted molar refractivity (Wildman–Crippen MR) is 68.4 cm³/mol. The van der Waals surface area contributed by atoms with Crippen LogP contribution in [0.15, 0.2) is 16.9 Å². The molecule has 0 aliphatic heterocycles. The summed E-state index contributed by atoms with van der Waals surface area (Å²) in [6, 6.07) is 3.01. The van der Waals surface area contributed by atoms with Crippen molar-refractivity contribution in [1.29, 1.82) is 0 Å². The Labute approximate surface area is 106 Å². The number of nitrogens with one attached hydrogen (secondary N) is 2. The number of H-pyrrole nitrogens is 1. The largest absolute Gasteiger partial charge is 0.348 e. The molecule has 2 rings (SSSR count). The van der Waals surface area contributed by atoms with Crippen LogP contribution < -0.4 is 10.9 Å². The summed E-state index contributed by atoms with van der Waals surface area (Å²) >= 11 is 0. The summed E-state index contributed by atoms with van der Waals surface area (Å²) < 4.78 is 0. The fourth-order valence-electron chi connectivity index (χ4n) is 2.45. The number of carbonyl (C=O) groups is 1. The normalized spacial score (nSPS) is 23.6. The van der Waals surface area contributed by atoms with E-state index in [2.05, 4.69) is 22.4 Å². The molecule has 1 aromatic rings. The SMILES string of the molecule is CCC1CCC(NC(=O)c2ccc(=O)[nH]n2)CC1. The maximum Gasteiger partial charge on any atom is 0.271 e. The molecule has 1 aromatic heterocycles. The predicted octanol–water partition coefficient (Wildman–Crippen LogP) is 1.47. The number of carbonyl (C=O) groups excluding carboxylic acids is 1. The first-order valence-electron chi connectivity index (χ1n) is 6.55. The van der Waals surface area contributed by atoms with Crippen LogP contribution >= 0.6 is 0 Å². The first-order chi connectivity index (χ1) is 8.69. The summed E-state index contributed by atoms with van der Waals surface area (Å²) in [6.07, 6.45) is 5.66. The minimum atomic E-state index is -0.296. The van der Waals surface area contributed by atoms with Gasteiger partial charge in [-0.3, -0.25) is 9.59 Å². The van der Waals surface area contributed by atoms with Crippen molar-refractivity contribution in [2.24, 2.45) is 5.92 Å². The number of hydrogen-bond acceptors (Lipinski definition) is 3. The highest BCUT2D eigenvalue weighted by Crippen LogP contribution is 2.26. The monoisotopic (exact) mass is 249 g/mol. The number of amides is 1. The summed E-state index contributed by atoms with van der Waals surface area (Å²) in [5, 5.41) is 8.97. The molecule has 0 unspecified atom stereocenters. The minimum absolute atomic E-state index is 0.203. The van der Waals surface area contributed by atoms with Gasteiger partial charge in [-0.2, -0.15) is 5.10 Å². The summed E-state index contributed by atoms with van der Waals surface area (Å²) in [5.41, 5.74) is -0.0257. The molecular formula is C13H19N3O2. The van der Waals surface area contributed by atoms with E-state index in [-0.39, 0.29) is 23.2 Å². The van der Waals surface area contributed by atoms with E-state index in [9.17, 15) is 9.59 Å². The topological polar surface area (TPSA) is 74.8 Å². The molecule has 0 atom stereocenters. The van der Waals surface area contributed by atoms with E-state index in [0.29, 0.717) is 0 Å². The molecule has 0 aromatic carbocycles. The zero-order valence-corrected chi connectivity index (χ0v) is 10.6. The molecule has 1 aliphatic rings. The molecule has 1 aliphatic carbocycles. The lowest BCUT2D eigenvalue weighted by Crippen LogP contribution is -2.38. The smallest absolute Gasteiger partial charge is 0.271 e. The second kappa shape index (κ2) is 5.80. The molecule has 18 heavy (non-hydrogen) atoms. The van der Waals surface area contributed by atoms with Gasteiger partial charge in [0.05, 0.1) is 0 Å². The summed E-state index contributed by atoms with van der Waals surface area (Å²) in [4.78, 5) is 22.7. The Balaban J connectivity index is 1.88. The summed E-state index contributed by atoms with van der Waals surface area (Å²) in [6.45, 7) is 2.22. The van der Waals surface area contributed by atoms with Gasteiger partial charge in [0.1, 0.15) is 5.69 Å². The van der Waals surface area contributed by atoms with Gasteiger partial charge in [-0.1, -0.05) is 13.3 Å². The molecule has 5 nitrogen and oxygen atoms in total. The van der Waals surface area contributed by atoms with E-state index in [1.165, 1.54) is 31.4 Å². The van der Waals surface area contributed by atoms with Gasteiger partial charge < -0.3 is 5.32 Å². The lowest BCUT2D eigenvalue weighted by Gasteiger charge is -2.28. The number of aromatic nitrogens is 2. The molecule has 0 radical (unpaired) electrons. The van der Waals surface area contributed by atoms with Crippen molar-refractivity contribution in [3.63, 3.8) is 0 Å². The summed E-state index contributed by atoms with van der Waals surface area (Å²) in [5.74, 6) is 0.607. The lowest BCUT2D eigenvalue weighted by atomic mass is 9.84. The summed E-state index contributed by atoms with van der Waals surface area (Å²) in [7, 11) is 0. The van der Waals surface area contributed by atoms with E-state index < -0.39 is 0 Å². The van der Waals surface area contributed by atoms with Crippen LogP contribution in [0.1, 0.15) is 49.5 Å². The molecule has 0 bridgehead atoms. The van der Waals surface area contributed by atoms with Gasteiger partial charge in [-0.05, 0) is 37.7 Å². The molecule has 1 saturated carbocycles. The van der Waals surface area contributed by atoms with Gasteiger partial charge in [0.25, 0.3) is 11.5 Å². The Hall–Kier alpha value is -1.65. The Kier molecular flexibility index (Phi) is 4.12. The third kappa shape index (κ3) is 3.18. The van der Waals surface area contributed by atoms with Crippen LogP contribution in [0.2, 0.25) is 0 Å². The van der Waals surface area contributed by atoms with E-state index in [1.54, 1.807) is 0 Å². The molecule has 2 N–H and O–H groups in total. The van der Waals surface area contributed by atoms with Crippen molar-refractivity contribution < 1.29 is 4.79 Å². The van der Waals surface area contributed by atoms with Crippen LogP contribution in [0.4, 0.5) is 0 Å².